The van der Waals surface area contributed by atoms with Crippen LogP contribution in [-0.2, 0) is 5.54 Å². The van der Waals surface area contributed by atoms with Crippen LogP contribution in [0.5, 0.6) is 0 Å². The van der Waals surface area contributed by atoms with Gasteiger partial charge in [-0.1, -0.05) is 60.7 Å². The van der Waals surface area contributed by atoms with Crippen molar-refractivity contribution in [1.82, 2.24) is 4.90 Å². The molecule has 20 heavy (non-hydrogen) atoms. The summed E-state index contributed by atoms with van der Waals surface area (Å²) in [5.41, 5.74) is 0.563. The van der Waals surface area contributed by atoms with Gasteiger partial charge in [0.25, 0.3) is 0 Å². The molecule has 0 spiro atoms. The first-order valence-corrected chi connectivity index (χ1v) is 6.64. The Kier molecular flexibility index (Phi) is 2.68. The van der Waals surface area contributed by atoms with Gasteiger partial charge < -0.3 is 0 Å². The molecule has 1 aliphatic rings. The summed E-state index contributed by atoms with van der Waals surface area (Å²) in [5.74, 6) is 0. The lowest BCUT2D eigenvalue weighted by atomic mass is 9.82. The summed E-state index contributed by atoms with van der Waals surface area (Å²) in [6.07, 6.45) is -1.39. The van der Waals surface area contributed by atoms with Crippen LogP contribution in [0.2, 0.25) is 0 Å². The van der Waals surface area contributed by atoms with Crippen LogP contribution in [0.3, 0.4) is 0 Å². The van der Waals surface area contributed by atoms with Crippen molar-refractivity contribution in [1.29, 1.82) is 0 Å². The first kappa shape index (κ1) is 12.9. The predicted molar refractivity (Wildman–Crippen MR) is 76.1 cm³/mol. The van der Waals surface area contributed by atoms with Crippen LogP contribution in [0.15, 0.2) is 60.7 Å². The predicted octanol–water partition coefficient (Wildman–Crippen LogP) is 4.11. The van der Waals surface area contributed by atoms with Crippen molar-refractivity contribution in [2.75, 3.05) is 0 Å². The molecule has 1 fully saturated rings. The average Bonchev–Trinajstić information content (AvgIpc) is 2.99. The summed E-state index contributed by atoms with van der Waals surface area (Å²) < 4.78 is 13.5. The summed E-state index contributed by atoms with van der Waals surface area (Å²) in [7, 11) is 0. The highest BCUT2D eigenvalue weighted by atomic mass is 19.1. The maximum absolute atomic E-state index is 13.5. The third-order valence-corrected chi connectivity index (χ3v) is 4.29. The van der Waals surface area contributed by atoms with Crippen LogP contribution in [0.25, 0.3) is 0 Å². The number of hydrogen-bond donors (Lipinski definition) is 0. The molecule has 0 atom stereocenters. The van der Waals surface area contributed by atoms with Crippen molar-refractivity contribution in [2.45, 2.75) is 24.9 Å². The molecule has 3 rings (SSSR count). The topological polar surface area (TPSA) is 20.1 Å². The van der Waals surface area contributed by atoms with Gasteiger partial charge in [-0.2, -0.15) is 0 Å². The normalized spacial score (nSPS) is 18.6. The highest BCUT2D eigenvalue weighted by Crippen LogP contribution is 2.62. The summed E-state index contributed by atoms with van der Waals surface area (Å²) in [4.78, 5) is 12.8. The molecule has 2 aromatic carbocycles. The van der Waals surface area contributed by atoms with Crippen LogP contribution < -0.4 is 0 Å². The zero-order chi connectivity index (χ0) is 14.4. The van der Waals surface area contributed by atoms with Crippen molar-refractivity contribution >= 4 is 6.16 Å². The van der Waals surface area contributed by atoms with E-state index >= 15 is 0 Å². The summed E-state index contributed by atoms with van der Waals surface area (Å²) in [6, 6.07) is 19.2. The van der Waals surface area contributed by atoms with E-state index in [1.807, 2.05) is 74.5 Å². The van der Waals surface area contributed by atoms with Gasteiger partial charge in [-0.3, -0.25) is 4.90 Å². The van der Waals surface area contributed by atoms with Gasteiger partial charge in [0.2, 0.25) is 0 Å². The first-order chi connectivity index (χ1) is 9.53. The van der Waals surface area contributed by atoms with Crippen molar-refractivity contribution in [2.24, 2.45) is 0 Å². The van der Waals surface area contributed by atoms with Crippen molar-refractivity contribution in [3.8, 4) is 0 Å². The van der Waals surface area contributed by atoms with E-state index in [1.165, 1.54) is 4.90 Å². The SMILES string of the molecule is CC1(C)N(C(=O)F)C1(c1ccccc1)c1ccccc1. The molecule has 2 nitrogen and oxygen atoms in total. The Labute approximate surface area is 117 Å². The minimum Gasteiger partial charge on any atom is -0.290 e. The second-order valence-electron chi connectivity index (χ2n) is 5.59. The lowest BCUT2D eigenvalue weighted by Crippen LogP contribution is -2.21. The molecule has 1 heterocycles. The molecule has 1 saturated heterocycles. The molecule has 1 aliphatic heterocycles. The quantitative estimate of drug-likeness (QED) is 0.456. The molecule has 0 N–H and O–H groups in total. The van der Waals surface area contributed by atoms with Gasteiger partial charge in [-0.15, -0.1) is 4.39 Å². The van der Waals surface area contributed by atoms with Crippen LogP contribution in [-0.4, -0.2) is 16.6 Å². The smallest absolute Gasteiger partial charge is 0.290 e. The zero-order valence-electron chi connectivity index (χ0n) is 11.5. The standard InChI is InChI=1S/C17H16FNO/c1-16(2)17(19(16)15(18)20,13-9-5-3-6-10-13)14-11-7-4-8-12-14/h3-12H,1-2H3. The largest absolute Gasteiger partial charge is 0.401 e. The molecule has 1 amide bonds. The number of rotatable bonds is 2. The minimum absolute atomic E-state index is 0.582. The van der Waals surface area contributed by atoms with Crippen molar-refractivity contribution in [3.05, 3.63) is 71.8 Å². The molecule has 0 saturated carbocycles. The van der Waals surface area contributed by atoms with Gasteiger partial charge in [-0.25, -0.2) is 4.79 Å². The Morgan fingerprint density at radius 2 is 1.30 bits per heavy atom. The van der Waals surface area contributed by atoms with Crippen LogP contribution in [0, 0.1) is 0 Å². The van der Waals surface area contributed by atoms with E-state index < -0.39 is 17.2 Å². The molecule has 0 radical (unpaired) electrons. The molecule has 0 aliphatic carbocycles. The summed E-state index contributed by atoms with van der Waals surface area (Å²) in [6.45, 7) is 3.79. The highest BCUT2D eigenvalue weighted by molar-refractivity contribution is 5.77. The van der Waals surface area contributed by atoms with E-state index in [0.717, 1.165) is 11.1 Å². The minimum atomic E-state index is -1.39. The number of nitrogens with zero attached hydrogens (tertiary/aromatic N) is 1. The van der Waals surface area contributed by atoms with Gasteiger partial charge in [0.05, 0.1) is 5.54 Å². The maximum Gasteiger partial charge on any atom is 0.401 e. The number of carbonyl (C=O) groups is 1. The van der Waals surface area contributed by atoms with Gasteiger partial charge >= 0.3 is 6.16 Å². The maximum atomic E-state index is 13.5. The summed E-state index contributed by atoms with van der Waals surface area (Å²) in [5, 5.41) is 0. The first-order valence-electron chi connectivity index (χ1n) is 6.64. The van der Waals surface area contributed by atoms with Gasteiger partial charge in [0, 0.05) is 0 Å². The van der Waals surface area contributed by atoms with Gasteiger partial charge in [0.15, 0.2) is 0 Å². The molecule has 0 bridgehead atoms. The van der Waals surface area contributed by atoms with E-state index in [1.54, 1.807) is 0 Å². The molecule has 102 valence electrons. The molecule has 0 aromatic heterocycles. The lowest BCUT2D eigenvalue weighted by molar-refractivity contribution is 0.197. The Balaban J connectivity index is 2.24. The fourth-order valence-electron chi connectivity index (χ4n) is 3.43. The fraction of sp³-hybridized carbons (Fsp3) is 0.235. The van der Waals surface area contributed by atoms with Crippen molar-refractivity contribution < 1.29 is 9.18 Å². The monoisotopic (exact) mass is 269 g/mol. The number of amides is 1. The van der Waals surface area contributed by atoms with E-state index in [-0.39, 0.29) is 0 Å². The highest BCUT2D eigenvalue weighted by Gasteiger charge is 2.73. The lowest BCUT2D eigenvalue weighted by Gasteiger charge is -2.18. The Morgan fingerprint density at radius 3 is 1.60 bits per heavy atom. The van der Waals surface area contributed by atoms with Crippen LogP contribution in [0.1, 0.15) is 25.0 Å². The number of benzene rings is 2. The number of halogens is 1. The molecular weight excluding hydrogens is 253 g/mol. The summed E-state index contributed by atoms with van der Waals surface area (Å²) >= 11 is 0. The second-order valence-corrected chi connectivity index (χ2v) is 5.59. The molecular formula is C17H16FNO. The average molecular weight is 269 g/mol. The number of carbonyl (C=O) groups excluding carboxylic acids is 1. The van der Waals surface area contributed by atoms with Gasteiger partial charge in [-0.05, 0) is 25.0 Å². The fourth-order valence-corrected chi connectivity index (χ4v) is 3.43. The van der Waals surface area contributed by atoms with E-state index in [0.29, 0.717) is 0 Å². The third-order valence-electron chi connectivity index (χ3n) is 4.29. The Bertz CT molecular complexity index is 597. The van der Waals surface area contributed by atoms with Crippen molar-refractivity contribution in [3.63, 3.8) is 0 Å². The Morgan fingerprint density at radius 1 is 0.900 bits per heavy atom. The van der Waals surface area contributed by atoms with E-state index in [4.69, 9.17) is 0 Å². The van der Waals surface area contributed by atoms with E-state index in [2.05, 4.69) is 0 Å². The molecule has 0 unspecified atom stereocenters. The molecule has 3 heteroatoms. The molecule has 2 aromatic rings. The second kappa shape index (κ2) is 4.17. The Hall–Kier alpha value is -2.16. The van der Waals surface area contributed by atoms with E-state index in [9.17, 15) is 9.18 Å². The third kappa shape index (κ3) is 1.46. The van der Waals surface area contributed by atoms with Crippen LogP contribution >= 0.6 is 0 Å². The van der Waals surface area contributed by atoms with Crippen LogP contribution in [0.4, 0.5) is 9.18 Å². The van der Waals surface area contributed by atoms with Gasteiger partial charge in [0.1, 0.15) is 5.54 Å². The zero-order valence-corrected chi connectivity index (χ0v) is 11.5. The number of hydrogen-bond acceptors (Lipinski definition) is 1.